The number of nitrogens with one attached hydrogen (secondary N) is 1. The van der Waals surface area contributed by atoms with Crippen molar-refractivity contribution in [3.8, 4) is 5.88 Å². The Bertz CT molecular complexity index is 631. The summed E-state index contributed by atoms with van der Waals surface area (Å²) in [6.45, 7) is 0.0335. The first kappa shape index (κ1) is 19.0. The maximum absolute atomic E-state index is 12.9. The molecule has 0 fully saturated rings. The summed E-state index contributed by atoms with van der Waals surface area (Å²) in [6, 6.07) is -0.326. The van der Waals surface area contributed by atoms with Gasteiger partial charge >= 0.3 is 6.18 Å². The average Bonchev–Trinajstić information content (AvgIpc) is 2.53. The largest absolute Gasteiger partial charge is 0.476 e. The Morgan fingerprint density at radius 2 is 2.09 bits per heavy atom. The van der Waals surface area contributed by atoms with Crippen molar-refractivity contribution in [2.24, 2.45) is 7.05 Å². The lowest BCUT2D eigenvalue weighted by molar-refractivity contribution is -0.142. The van der Waals surface area contributed by atoms with E-state index in [4.69, 9.17) is 4.74 Å². The van der Waals surface area contributed by atoms with E-state index in [2.05, 4.69) is 10.4 Å². The molecule has 1 aliphatic rings. The lowest BCUT2D eigenvalue weighted by atomic mass is 10.2. The summed E-state index contributed by atoms with van der Waals surface area (Å²) >= 11 is 0. The van der Waals surface area contributed by atoms with Gasteiger partial charge in [-0.05, 0) is 6.42 Å². The van der Waals surface area contributed by atoms with Gasteiger partial charge in [0.15, 0.2) is 5.69 Å². The lowest BCUT2D eigenvalue weighted by Gasteiger charge is -2.15. The number of ether oxygens (including phenoxy) is 1. The molecule has 0 amide bonds. The SMILES string of the molecule is Cl.Cn1nc(C(F)(F)F)c2c1OCC(CCS(C)(=O)=O)NC2. The fourth-order valence-electron chi connectivity index (χ4n) is 2.15. The summed E-state index contributed by atoms with van der Waals surface area (Å²) in [7, 11) is -1.74. The zero-order chi connectivity index (χ0) is 15.8. The molecule has 0 saturated carbocycles. The second-order valence-corrected chi connectivity index (χ2v) is 7.32. The minimum Gasteiger partial charge on any atom is -0.476 e. The second-order valence-electron chi connectivity index (χ2n) is 5.06. The number of hydrogen-bond donors (Lipinski definition) is 1. The molecule has 1 atom stereocenters. The molecule has 0 saturated heterocycles. The lowest BCUT2D eigenvalue weighted by Crippen LogP contribution is -2.34. The van der Waals surface area contributed by atoms with Gasteiger partial charge in [-0.25, -0.2) is 13.1 Å². The number of aryl methyl sites for hydroxylation is 1. The van der Waals surface area contributed by atoms with Crippen LogP contribution in [-0.2, 0) is 29.6 Å². The van der Waals surface area contributed by atoms with Crippen molar-refractivity contribution in [3.05, 3.63) is 11.3 Å². The average molecular weight is 364 g/mol. The van der Waals surface area contributed by atoms with Crippen molar-refractivity contribution in [2.75, 3.05) is 18.6 Å². The summed E-state index contributed by atoms with van der Waals surface area (Å²) < 4.78 is 67.4. The highest BCUT2D eigenvalue weighted by molar-refractivity contribution is 7.90. The monoisotopic (exact) mass is 363 g/mol. The van der Waals surface area contributed by atoms with Gasteiger partial charge in [0.1, 0.15) is 16.4 Å². The van der Waals surface area contributed by atoms with Gasteiger partial charge in [0.2, 0.25) is 5.88 Å². The van der Waals surface area contributed by atoms with Crippen LogP contribution in [0.3, 0.4) is 0 Å². The number of rotatable bonds is 3. The third-order valence-corrected chi connectivity index (χ3v) is 4.16. The van der Waals surface area contributed by atoms with E-state index in [1.54, 1.807) is 0 Å². The highest BCUT2D eigenvalue weighted by atomic mass is 35.5. The predicted molar refractivity (Wildman–Crippen MR) is 75.9 cm³/mol. The van der Waals surface area contributed by atoms with Crippen LogP contribution >= 0.6 is 12.4 Å². The van der Waals surface area contributed by atoms with Gasteiger partial charge in [0.05, 0.1) is 11.3 Å². The minimum atomic E-state index is -4.55. The Labute approximate surface area is 132 Å². The van der Waals surface area contributed by atoms with Crippen LogP contribution in [0.1, 0.15) is 17.7 Å². The minimum absolute atomic E-state index is 0. The van der Waals surface area contributed by atoms with Crippen molar-refractivity contribution in [1.82, 2.24) is 15.1 Å². The predicted octanol–water partition coefficient (Wildman–Crippen LogP) is 1.15. The van der Waals surface area contributed by atoms with E-state index in [-0.39, 0.29) is 55.2 Å². The molecule has 0 spiro atoms. The third kappa shape index (κ3) is 4.50. The molecule has 11 heteroatoms. The van der Waals surface area contributed by atoms with Crippen LogP contribution in [0, 0.1) is 0 Å². The molecule has 1 unspecified atom stereocenters. The Kier molecular flexibility index (Phi) is 5.74. The molecule has 6 nitrogen and oxygen atoms in total. The van der Waals surface area contributed by atoms with Gasteiger partial charge in [0, 0.05) is 25.9 Å². The number of halogens is 4. The molecule has 1 aromatic heterocycles. The van der Waals surface area contributed by atoms with Crippen LogP contribution in [0.4, 0.5) is 13.2 Å². The van der Waals surface area contributed by atoms with E-state index < -0.39 is 21.7 Å². The number of hydrogen-bond acceptors (Lipinski definition) is 5. The first-order chi connectivity index (χ1) is 9.58. The van der Waals surface area contributed by atoms with Crippen molar-refractivity contribution in [3.63, 3.8) is 0 Å². The second kappa shape index (κ2) is 6.63. The smallest absolute Gasteiger partial charge is 0.435 e. The molecule has 1 aromatic rings. The summed E-state index contributed by atoms with van der Waals surface area (Å²) in [6.07, 6.45) is -3.16. The van der Waals surface area contributed by atoms with Gasteiger partial charge in [-0.1, -0.05) is 0 Å². The van der Waals surface area contributed by atoms with Gasteiger partial charge in [-0.2, -0.15) is 18.3 Å². The van der Waals surface area contributed by atoms with Crippen molar-refractivity contribution in [2.45, 2.75) is 25.2 Å². The number of alkyl halides is 3. The molecule has 2 heterocycles. The van der Waals surface area contributed by atoms with Crippen LogP contribution in [0.15, 0.2) is 0 Å². The zero-order valence-corrected chi connectivity index (χ0v) is 13.6. The molecule has 1 aliphatic heterocycles. The number of sulfone groups is 1. The summed E-state index contributed by atoms with van der Waals surface area (Å²) in [5.74, 6) is 0.0195. The van der Waals surface area contributed by atoms with Crippen molar-refractivity contribution in [1.29, 1.82) is 0 Å². The Balaban J connectivity index is 0.00000242. The first-order valence-corrected chi connectivity index (χ1v) is 8.31. The van der Waals surface area contributed by atoms with E-state index in [0.29, 0.717) is 0 Å². The normalized spacial score (nSPS) is 18.9. The van der Waals surface area contributed by atoms with Gasteiger partial charge in [0.25, 0.3) is 0 Å². The highest BCUT2D eigenvalue weighted by Gasteiger charge is 2.40. The molecule has 0 aliphatic carbocycles. The molecule has 2 rings (SSSR count). The van der Waals surface area contributed by atoms with E-state index in [9.17, 15) is 21.6 Å². The van der Waals surface area contributed by atoms with E-state index in [1.165, 1.54) is 7.05 Å². The molecular weight excluding hydrogens is 347 g/mol. The molecule has 128 valence electrons. The Hall–Kier alpha value is -1.00. The third-order valence-electron chi connectivity index (χ3n) is 3.18. The van der Waals surface area contributed by atoms with Crippen LogP contribution in [0.5, 0.6) is 5.88 Å². The molecule has 0 radical (unpaired) electrons. The quantitative estimate of drug-likeness (QED) is 0.872. The molecule has 0 bridgehead atoms. The topological polar surface area (TPSA) is 73.2 Å². The van der Waals surface area contributed by atoms with Gasteiger partial charge in [-0.15, -0.1) is 12.4 Å². The number of fused-ring (bicyclic) bond motifs is 1. The maximum atomic E-state index is 12.9. The summed E-state index contributed by atoms with van der Waals surface area (Å²) in [5, 5.41) is 6.34. The molecule has 1 N–H and O–H groups in total. The molecule has 0 aromatic carbocycles. The van der Waals surface area contributed by atoms with Gasteiger partial charge in [-0.3, -0.25) is 0 Å². The Morgan fingerprint density at radius 1 is 1.45 bits per heavy atom. The summed E-state index contributed by atoms with van der Waals surface area (Å²) in [4.78, 5) is 0. The van der Waals surface area contributed by atoms with Gasteiger partial charge < -0.3 is 10.1 Å². The highest BCUT2D eigenvalue weighted by Crippen LogP contribution is 2.36. The van der Waals surface area contributed by atoms with Crippen LogP contribution in [0.25, 0.3) is 0 Å². The van der Waals surface area contributed by atoms with Crippen molar-refractivity contribution >= 4 is 22.2 Å². The fraction of sp³-hybridized carbons (Fsp3) is 0.727. The number of aromatic nitrogens is 2. The number of nitrogens with zero attached hydrogens (tertiary/aromatic N) is 2. The fourth-order valence-corrected chi connectivity index (χ4v) is 2.86. The van der Waals surface area contributed by atoms with Crippen molar-refractivity contribution < 1.29 is 26.3 Å². The first-order valence-electron chi connectivity index (χ1n) is 6.25. The molecule has 22 heavy (non-hydrogen) atoms. The van der Waals surface area contributed by atoms with Crippen LogP contribution < -0.4 is 10.1 Å². The summed E-state index contributed by atoms with van der Waals surface area (Å²) in [5.41, 5.74) is -1.02. The molecular formula is C11H17ClF3N3O3S. The van der Waals surface area contributed by atoms with Crippen LogP contribution in [-0.4, -0.2) is 42.9 Å². The van der Waals surface area contributed by atoms with E-state index in [1.807, 2.05) is 0 Å². The maximum Gasteiger partial charge on any atom is 0.435 e. The standard InChI is InChI=1S/C11H16F3N3O3S.ClH/c1-17-10-8(9(16-17)11(12,13)14)5-15-7(6-20-10)3-4-21(2,18)19;/h7,15H,3-6H2,1-2H3;1H. The van der Waals surface area contributed by atoms with E-state index in [0.717, 1.165) is 10.9 Å². The van der Waals surface area contributed by atoms with E-state index >= 15 is 0 Å². The van der Waals surface area contributed by atoms with Crippen LogP contribution in [0.2, 0.25) is 0 Å². The zero-order valence-electron chi connectivity index (χ0n) is 12.0. The Morgan fingerprint density at radius 3 is 2.64 bits per heavy atom.